The third-order valence-corrected chi connectivity index (χ3v) is 5.35. The van der Waals surface area contributed by atoms with E-state index in [9.17, 15) is 14.4 Å². The molecule has 0 bridgehead atoms. The van der Waals surface area contributed by atoms with Crippen molar-refractivity contribution in [3.05, 3.63) is 34.8 Å². The second-order valence-corrected chi connectivity index (χ2v) is 7.80. The molecule has 0 radical (unpaired) electrons. The van der Waals surface area contributed by atoms with E-state index in [4.69, 9.17) is 5.73 Å². The van der Waals surface area contributed by atoms with E-state index in [0.717, 1.165) is 24.8 Å². The largest absolute Gasteiger partial charge is 1.00 e. The molecule has 158 valence electrons. The Bertz CT molecular complexity index is 825. The summed E-state index contributed by atoms with van der Waals surface area (Å²) in [7, 11) is 0. The third kappa shape index (κ3) is 6.68. The van der Waals surface area contributed by atoms with Crippen LogP contribution in [0.25, 0.3) is 5.73 Å². The molecule has 2 heterocycles. The molecule has 1 aliphatic rings. The Morgan fingerprint density at radius 2 is 1.97 bits per heavy atom. The maximum Gasteiger partial charge on any atom is 1.00 e. The van der Waals surface area contributed by atoms with E-state index in [1.807, 2.05) is 20.8 Å². The normalized spacial score (nSPS) is 17.9. The first-order chi connectivity index (χ1) is 13.7. The molecule has 2 rings (SSSR count). The van der Waals surface area contributed by atoms with Gasteiger partial charge in [-0.1, -0.05) is 27.2 Å². The molecule has 0 saturated carbocycles. The number of amidine groups is 1. The maximum absolute atomic E-state index is 12.8. The summed E-state index contributed by atoms with van der Waals surface area (Å²) in [5.74, 6) is -0.696. The summed E-state index contributed by atoms with van der Waals surface area (Å²) < 4.78 is 0. The summed E-state index contributed by atoms with van der Waals surface area (Å²) in [5, 5.41) is 5.67. The van der Waals surface area contributed by atoms with Crippen LogP contribution in [-0.2, 0) is 16.0 Å². The summed E-state index contributed by atoms with van der Waals surface area (Å²) >= 11 is 0. The van der Waals surface area contributed by atoms with Crippen molar-refractivity contribution in [2.24, 2.45) is 10.9 Å². The fourth-order valence-electron chi connectivity index (χ4n) is 3.00. The second kappa shape index (κ2) is 12.0. The number of aromatic nitrogens is 1. The first-order valence-electron chi connectivity index (χ1n) is 10.1. The van der Waals surface area contributed by atoms with Gasteiger partial charge in [-0.2, -0.15) is 0 Å². The molecular weight excluding hydrogens is 409 g/mol. The van der Waals surface area contributed by atoms with Crippen LogP contribution in [0, 0.1) is 5.92 Å². The first kappa shape index (κ1) is 26.9. The van der Waals surface area contributed by atoms with Crippen LogP contribution in [-0.4, -0.2) is 40.6 Å². The van der Waals surface area contributed by atoms with Crippen LogP contribution in [0.3, 0.4) is 0 Å². The monoisotopic (exact) mass is 439 g/mol. The number of hydrogen-bond acceptors (Lipinski definition) is 5. The van der Waals surface area contributed by atoms with Gasteiger partial charge >= 0.3 is 51.4 Å². The van der Waals surface area contributed by atoms with Crippen LogP contribution in [0.5, 0.6) is 0 Å². The van der Waals surface area contributed by atoms with Crippen molar-refractivity contribution < 1.29 is 65.8 Å². The molecule has 1 atom stereocenters. The number of hydrogen-bond donors (Lipinski definition) is 2. The zero-order valence-corrected chi connectivity index (χ0v) is 21.7. The van der Waals surface area contributed by atoms with E-state index < -0.39 is 11.4 Å². The SMILES string of the molecule is CCc1cnc(C2=NC(C)(C(C)C)C(=O)N2)c(C(=O)NCCCCCC([NH-])=O)c1.[K+]. The topological polar surface area (TPSA) is 124 Å². The molecule has 0 saturated heterocycles. The van der Waals surface area contributed by atoms with E-state index >= 15 is 0 Å². The zero-order valence-electron chi connectivity index (χ0n) is 18.6. The number of carbonyl (C=O) groups excluding carboxylic acids is 3. The Hall–Kier alpha value is -1.13. The number of unbranched alkanes of at least 4 members (excludes halogenated alkanes) is 2. The minimum atomic E-state index is -0.885. The third-order valence-electron chi connectivity index (χ3n) is 5.35. The minimum Gasteiger partial charge on any atom is -0.668 e. The van der Waals surface area contributed by atoms with Crippen molar-refractivity contribution in [3.63, 3.8) is 0 Å². The van der Waals surface area contributed by atoms with Gasteiger partial charge in [0.2, 0.25) is 0 Å². The Morgan fingerprint density at radius 3 is 2.53 bits per heavy atom. The Morgan fingerprint density at radius 1 is 1.27 bits per heavy atom. The number of aryl methyl sites for hydroxylation is 1. The number of rotatable bonds is 10. The van der Waals surface area contributed by atoms with Gasteiger partial charge in [0.15, 0.2) is 5.84 Å². The van der Waals surface area contributed by atoms with Gasteiger partial charge in [-0.25, -0.2) is 4.99 Å². The molecule has 8 nitrogen and oxygen atoms in total. The molecule has 0 spiro atoms. The molecule has 1 aliphatic heterocycles. The number of carbonyl (C=O) groups is 3. The molecule has 0 aromatic carbocycles. The van der Waals surface area contributed by atoms with E-state index in [1.54, 1.807) is 19.2 Å². The van der Waals surface area contributed by atoms with Crippen molar-refractivity contribution in [2.45, 2.75) is 65.3 Å². The van der Waals surface area contributed by atoms with Gasteiger partial charge in [-0.05, 0) is 50.2 Å². The number of aliphatic imine (C=N–C) groups is 1. The molecular formula is C21H30KN5O3. The quantitative estimate of drug-likeness (QED) is 0.387. The number of pyridine rings is 1. The molecule has 30 heavy (non-hydrogen) atoms. The van der Waals surface area contributed by atoms with Crippen molar-refractivity contribution in [2.75, 3.05) is 6.54 Å². The Labute approximate surface area is 220 Å². The molecule has 1 aromatic rings. The molecule has 9 heteroatoms. The molecule has 1 unspecified atom stereocenters. The molecule has 3 N–H and O–H groups in total. The first-order valence-corrected chi connectivity index (χ1v) is 10.1. The number of amides is 3. The van der Waals surface area contributed by atoms with Crippen molar-refractivity contribution in [1.82, 2.24) is 15.6 Å². The van der Waals surface area contributed by atoms with Crippen LogP contribution < -0.4 is 62.0 Å². The van der Waals surface area contributed by atoms with Gasteiger partial charge < -0.3 is 21.2 Å². The Balaban J connectivity index is 0.00000450. The summed E-state index contributed by atoms with van der Waals surface area (Å²) in [4.78, 5) is 44.9. The molecule has 3 amide bonds. The predicted molar refractivity (Wildman–Crippen MR) is 112 cm³/mol. The Kier molecular flexibility index (Phi) is 10.8. The predicted octanol–water partition coefficient (Wildman–Crippen LogP) is -0.192. The maximum atomic E-state index is 12.8. The fraction of sp³-hybridized carbons (Fsp3) is 0.571. The van der Waals surface area contributed by atoms with Crippen LogP contribution >= 0.6 is 0 Å². The van der Waals surface area contributed by atoms with Crippen LogP contribution in [0.15, 0.2) is 17.3 Å². The summed E-state index contributed by atoms with van der Waals surface area (Å²) in [6.07, 6.45) is 4.81. The fourth-order valence-corrected chi connectivity index (χ4v) is 3.00. The van der Waals surface area contributed by atoms with E-state index in [-0.39, 0.29) is 75.5 Å². The van der Waals surface area contributed by atoms with Gasteiger partial charge in [-0.3, -0.25) is 14.6 Å². The average molecular weight is 440 g/mol. The van der Waals surface area contributed by atoms with Gasteiger partial charge in [0.1, 0.15) is 11.2 Å². The second-order valence-electron chi connectivity index (χ2n) is 7.80. The van der Waals surface area contributed by atoms with Crippen LogP contribution in [0.2, 0.25) is 0 Å². The smallest absolute Gasteiger partial charge is 0.668 e. The average Bonchev–Trinajstić information content (AvgIpc) is 2.99. The zero-order chi connectivity index (χ0) is 21.6. The van der Waals surface area contributed by atoms with Crippen molar-refractivity contribution in [3.8, 4) is 0 Å². The molecule has 1 aromatic heterocycles. The number of nitrogens with zero attached hydrogens (tertiary/aromatic N) is 2. The summed E-state index contributed by atoms with van der Waals surface area (Å²) in [6, 6.07) is 1.79. The summed E-state index contributed by atoms with van der Waals surface area (Å²) in [6.45, 7) is 8.09. The summed E-state index contributed by atoms with van der Waals surface area (Å²) in [5.41, 5.74) is 7.69. The van der Waals surface area contributed by atoms with Crippen molar-refractivity contribution in [1.29, 1.82) is 0 Å². The van der Waals surface area contributed by atoms with E-state index in [0.29, 0.717) is 30.1 Å². The van der Waals surface area contributed by atoms with Crippen LogP contribution in [0.4, 0.5) is 0 Å². The van der Waals surface area contributed by atoms with Gasteiger partial charge in [0.05, 0.1) is 5.56 Å². The van der Waals surface area contributed by atoms with Gasteiger partial charge in [0.25, 0.3) is 11.8 Å². The minimum absolute atomic E-state index is 0. The van der Waals surface area contributed by atoms with E-state index in [2.05, 4.69) is 20.6 Å². The molecule has 0 aliphatic carbocycles. The molecule has 0 fully saturated rings. The van der Waals surface area contributed by atoms with Crippen LogP contribution in [0.1, 0.15) is 75.0 Å². The van der Waals surface area contributed by atoms with Gasteiger partial charge in [0, 0.05) is 18.6 Å². The van der Waals surface area contributed by atoms with Gasteiger partial charge in [-0.15, -0.1) is 0 Å². The number of nitrogens with one attached hydrogen (secondary N) is 3. The van der Waals surface area contributed by atoms with Crippen molar-refractivity contribution >= 4 is 23.6 Å². The van der Waals surface area contributed by atoms with E-state index in [1.165, 1.54) is 0 Å². The standard InChI is InChI=1S/C21H31N5O3.K/c1-5-14-11-15(19(28)23-10-8-6-7-9-16(22)27)17(24-12-14)18-25-20(29)21(4,26-18)13(2)3;/h11-13H,5-10H2,1-4H3,(H4,22,23,25,26,27,28,29);/q;+1/p-1.